The Morgan fingerprint density at radius 3 is 2.00 bits per heavy atom. The summed E-state index contributed by atoms with van der Waals surface area (Å²) < 4.78 is 53.0. The summed E-state index contributed by atoms with van der Waals surface area (Å²) in [5, 5.41) is 0. The number of anilines is 1. The third-order valence-electron chi connectivity index (χ3n) is 2.27. The maximum atomic E-state index is 13.6. The summed E-state index contributed by atoms with van der Waals surface area (Å²) in [4.78, 5) is 0. The van der Waals surface area contributed by atoms with Gasteiger partial charge in [-0.2, -0.15) is 0 Å². The summed E-state index contributed by atoms with van der Waals surface area (Å²) in [7, 11) is 0. The van der Waals surface area contributed by atoms with E-state index in [-0.39, 0.29) is 11.3 Å². The normalized spacial score (nSPS) is 10.6. The van der Waals surface area contributed by atoms with E-state index in [0.29, 0.717) is 6.07 Å². The molecule has 0 unspecified atom stereocenters. The van der Waals surface area contributed by atoms with Crippen molar-refractivity contribution < 1.29 is 17.6 Å². The fourth-order valence-corrected chi connectivity index (χ4v) is 1.53. The molecule has 88 valence electrons. The van der Waals surface area contributed by atoms with Crippen molar-refractivity contribution in [3.05, 3.63) is 53.6 Å². The minimum atomic E-state index is -1.03. The zero-order chi connectivity index (χ0) is 12.6. The van der Waals surface area contributed by atoms with Crippen molar-refractivity contribution >= 4 is 5.69 Å². The van der Waals surface area contributed by atoms with Crippen LogP contribution >= 0.6 is 0 Å². The van der Waals surface area contributed by atoms with Gasteiger partial charge in [-0.05, 0) is 29.8 Å². The van der Waals surface area contributed by atoms with Crippen LogP contribution in [-0.4, -0.2) is 0 Å². The molecule has 0 aliphatic heterocycles. The molecule has 0 radical (unpaired) electrons. The van der Waals surface area contributed by atoms with Crippen LogP contribution in [0.5, 0.6) is 0 Å². The van der Waals surface area contributed by atoms with Gasteiger partial charge >= 0.3 is 0 Å². The molecule has 0 atom stereocenters. The lowest BCUT2D eigenvalue weighted by atomic mass is 10.0. The van der Waals surface area contributed by atoms with Crippen LogP contribution in [0.4, 0.5) is 23.2 Å². The van der Waals surface area contributed by atoms with E-state index >= 15 is 0 Å². The number of hydrogen-bond donors (Lipinski definition) is 1. The van der Waals surface area contributed by atoms with Gasteiger partial charge in [-0.25, -0.2) is 17.6 Å². The van der Waals surface area contributed by atoms with Crippen LogP contribution in [0.25, 0.3) is 11.1 Å². The Bertz CT molecular complexity index is 561. The van der Waals surface area contributed by atoms with Gasteiger partial charge in [0.1, 0.15) is 17.5 Å². The molecule has 0 aromatic heterocycles. The van der Waals surface area contributed by atoms with Gasteiger partial charge in [0, 0.05) is 6.07 Å². The Morgan fingerprint density at radius 2 is 1.41 bits per heavy atom. The standard InChI is InChI=1S/C12H7F4N/c13-7-3-6(4-8(14)5-7)11-9(15)1-2-10(17)12(11)16/h1-5H,17H2. The second-order valence-electron chi connectivity index (χ2n) is 3.48. The molecule has 0 spiro atoms. The van der Waals surface area contributed by atoms with Gasteiger partial charge in [0.2, 0.25) is 0 Å². The predicted octanol–water partition coefficient (Wildman–Crippen LogP) is 3.49. The fourth-order valence-electron chi connectivity index (χ4n) is 1.53. The van der Waals surface area contributed by atoms with Crippen molar-refractivity contribution in [3.8, 4) is 11.1 Å². The zero-order valence-corrected chi connectivity index (χ0v) is 8.48. The number of halogens is 4. The van der Waals surface area contributed by atoms with Crippen LogP contribution in [-0.2, 0) is 0 Å². The summed E-state index contributed by atoms with van der Waals surface area (Å²) in [6.07, 6.45) is 0. The van der Waals surface area contributed by atoms with E-state index in [4.69, 9.17) is 5.73 Å². The molecular weight excluding hydrogens is 234 g/mol. The lowest BCUT2D eigenvalue weighted by molar-refractivity contribution is 0.579. The summed E-state index contributed by atoms with van der Waals surface area (Å²) >= 11 is 0. The van der Waals surface area contributed by atoms with E-state index in [1.165, 1.54) is 0 Å². The Labute approximate surface area is 94.5 Å². The van der Waals surface area contributed by atoms with Crippen LogP contribution in [0, 0.1) is 23.3 Å². The van der Waals surface area contributed by atoms with Gasteiger partial charge in [-0.3, -0.25) is 0 Å². The van der Waals surface area contributed by atoms with Crippen molar-refractivity contribution in [2.45, 2.75) is 0 Å². The third-order valence-corrected chi connectivity index (χ3v) is 2.27. The molecule has 2 rings (SSSR count). The second kappa shape index (κ2) is 4.08. The highest BCUT2D eigenvalue weighted by Crippen LogP contribution is 2.30. The highest BCUT2D eigenvalue weighted by atomic mass is 19.1. The summed E-state index contributed by atoms with van der Waals surface area (Å²) in [5.74, 6) is -3.79. The van der Waals surface area contributed by atoms with Crippen LogP contribution in [0.2, 0.25) is 0 Å². The van der Waals surface area contributed by atoms with E-state index < -0.39 is 28.8 Å². The van der Waals surface area contributed by atoms with Gasteiger partial charge in [-0.15, -0.1) is 0 Å². The molecule has 0 amide bonds. The molecule has 2 aromatic carbocycles. The van der Waals surface area contributed by atoms with E-state index in [1.54, 1.807) is 0 Å². The highest BCUT2D eigenvalue weighted by Gasteiger charge is 2.15. The van der Waals surface area contributed by atoms with Gasteiger partial charge < -0.3 is 5.73 Å². The minimum absolute atomic E-state index is 0.232. The van der Waals surface area contributed by atoms with Crippen molar-refractivity contribution in [1.82, 2.24) is 0 Å². The predicted molar refractivity (Wildman–Crippen MR) is 56.1 cm³/mol. The average molecular weight is 241 g/mol. The van der Waals surface area contributed by atoms with Gasteiger partial charge in [0.05, 0.1) is 11.3 Å². The first-order valence-electron chi connectivity index (χ1n) is 4.69. The number of nitrogen functional groups attached to an aromatic ring is 1. The van der Waals surface area contributed by atoms with E-state index in [0.717, 1.165) is 24.3 Å². The topological polar surface area (TPSA) is 26.0 Å². The molecule has 0 aliphatic rings. The Morgan fingerprint density at radius 1 is 0.824 bits per heavy atom. The smallest absolute Gasteiger partial charge is 0.156 e. The summed E-state index contributed by atoms with van der Waals surface area (Å²) in [6, 6.07) is 4.28. The number of benzene rings is 2. The van der Waals surface area contributed by atoms with Crippen molar-refractivity contribution in [2.24, 2.45) is 0 Å². The maximum absolute atomic E-state index is 13.6. The van der Waals surface area contributed by atoms with E-state index in [2.05, 4.69) is 0 Å². The van der Waals surface area contributed by atoms with Gasteiger partial charge in [0.25, 0.3) is 0 Å². The average Bonchev–Trinajstić information content (AvgIpc) is 2.23. The van der Waals surface area contributed by atoms with Crippen LogP contribution < -0.4 is 5.73 Å². The first-order valence-corrected chi connectivity index (χ1v) is 4.69. The maximum Gasteiger partial charge on any atom is 0.156 e. The number of rotatable bonds is 1. The molecule has 0 saturated carbocycles. The zero-order valence-electron chi connectivity index (χ0n) is 8.48. The van der Waals surface area contributed by atoms with E-state index in [1.807, 2.05) is 0 Å². The minimum Gasteiger partial charge on any atom is -0.396 e. The van der Waals surface area contributed by atoms with Crippen LogP contribution in [0.15, 0.2) is 30.3 Å². The number of nitrogens with two attached hydrogens (primary N) is 1. The molecule has 1 nitrogen and oxygen atoms in total. The molecule has 0 bridgehead atoms. The van der Waals surface area contributed by atoms with Crippen molar-refractivity contribution in [2.75, 3.05) is 5.73 Å². The van der Waals surface area contributed by atoms with Gasteiger partial charge in [-0.1, -0.05) is 0 Å². The second-order valence-corrected chi connectivity index (χ2v) is 3.48. The van der Waals surface area contributed by atoms with Crippen LogP contribution in [0.3, 0.4) is 0 Å². The molecule has 2 aromatic rings. The largest absolute Gasteiger partial charge is 0.396 e. The third kappa shape index (κ3) is 2.08. The Kier molecular flexibility index (Phi) is 2.75. The molecule has 5 heteroatoms. The quantitative estimate of drug-likeness (QED) is 0.600. The van der Waals surface area contributed by atoms with E-state index in [9.17, 15) is 17.6 Å². The van der Waals surface area contributed by atoms with Crippen molar-refractivity contribution in [3.63, 3.8) is 0 Å². The molecule has 0 fully saturated rings. The first kappa shape index (κ1) is 11.4. The lowest BCUT2D eigenvalue weighted by Crippen LogP contribution is -1.97. The lowest BCUT2D eigenvalue weighted by Gasteiger charge is -2.07. The summed E-state index contributed by atoms with van der Waals surface area (Å²) in [6.45, 7) is 0. The number of hydrogen-bond acceptors (Lipinski definition) is 1. The Balaban J connectivity index is 2.72. The highest BCUT2D eigenvalue weighted by molar-refractivity contribution is 5.69. The molecule has 0 heterocycles. The first-order chi connectivity index (χ1) is 7.99. The SMILES string of the molecule is Nc1ccc(F)c(-c2cc(F)cc(F)c2)c1F. The fraction of sp³-hybridized carbons (Fsp3) is 0. The molecule has 2 N–H and O–H groups in total. The summed E-state index contributed by atoms with van der Waals surface area (Å²) in [5.41, 5.74) is 4.22. The molecular formula is C12H7F4N. The molecule has 0 saturated heterocycles. The monoisotopic (exact) mass is 241 g/mol. The van der Waals surface area contributed by atoms with Crippen LogP contribution in [0.1, 0.15) is 0 Å². The van der Waals surface area contributed by atoms with Crippen molar-refractivity contribution in [1.29, 1.82) is 0 Å². The Hall–Kier alpha value is -2.04. The molecule has 17 heavy (non-hydrogen) atoms. The van der Waals surface area contributed by atoms with Gasteiger partial charge in [0.15, 0.2) is 5.82 Å². The molecule has 0 aliphatic carbocycles.